The largest absolute Gasteiger partial charge is 0.480 e. The van der Waals surface area contributed by atoms with Gasteiger partial charge in [-0.3, -0.25) is 9.59 Å². The molecule has 4 N–H and O–H groups in total. The van der Waals surface area contributed by atoms with Crippen molar-refractivity contribution in [2.45, 2.75) is 44.6 Å². The highest BCUT2D eigenvalue weighted by atomic mass is 16.5. The van der Waals surface area contributed by atoms with Crippen LogP contribution in [0.1, 0.15) is 38.5 Å². The highest BCUT2D eigenvalue weighted by molar-refractivity contribution is 5.83. The summed E-state index contributed by atoms with van der Waals surface area (Å²) in [5.41, 5.74) is 0. The molecule has 0 aliphatic carbocycles. The van der Waals surface area contributed by atoms with Crippen LogP contribution in [0.3, 0.4) is 0 Å². The van der Waals surface area contributed by atoms with Gasteiger partial charge in [-0.25, -0.2) is 9.59 Å². The van der Waals surface area contributed by atoms with E-state index in [0.29, 0.717) is 31.8 Å². The second kappa shape index (κ2) is 12.9. The van der Waals surface area contributed by atoms with Gasteiger partial charge in [0.2, 0.25) is 11.8 Å². The quantitative estimate of drug-likeness (QED) is 0.364. The molecule has 31 heavy (non-hydrogen) atoms. The maximum absolute atomic E-state index is 12.6. The van der Waals surface area contributed by atoms with Gasteiger partial charge in [-0.2, -0.15) is 0 Å². The van der Waals surface area contributed by atoms with Crippen molar-refractivity contribution in [2.75, 3.05) is 39.3 Å². The van der Waals surface area contributed by atoms with Crippen molar-refractivity contribution in [3.05, 3.63) is 12.7 Å². The number of likely N-dealkylation sites (tertiary alicyclic amines) is 1. The lowest BCUT2D eigenvalue weighted by Crippen LogP contribution is -2.51. The van der Waals surface area contributed by atoms with Gasteiger partial charge in [0.15, 0.2) is 0 Å². The van der Waals surface area contributed by atoms with E-state index in [1.165, 1.54) is 6.08 Å². The molecule has 2 fully saturated rings. The molecule has 0 unspecified atom stereocenters. The van der Waals surface area contributed by atoms with E-state index >= 15 is 0 Å². The molecule has 3 amide bonds. The smallest absolute Gasteiger partial charge is 0.408 e. The molecule has 10 heteroatoms. The molecule has 0 aromatic carbocycles. The maximum atomic E-state index is 12.6. The Balaban J connectivity index is 1.77. The summed E-state index contributed by atoms with van der Waals surface area (Å²) in [5, 5.41) is 17.3. The van der Waals surface area contributed by atoms with E-state index in [1.807, 2.05) is 0 Å². The van der Waals surface area contributed by atoms with E-state index < -0.39 is 24.0 Å². The number of hydrogen-bond donors (Lipinski definition) is 4. The molecule has 2 heterocycles. The first-order valence-corrected chi connectivity index (χ1v) is 10.9. The normalized spacial score (nSPS) is 20.4. The third-order valence-electron chi connectivity index (χ3n) is 5.77. The molecule has 0 bridgehead atoms. The molecule has 0 saturated carbocycles. The van der Waals surface area contributed by atoms with Crippen LogP contribution in [-0.2, 0) is 19.1 Å². The number of alkyl carbamates (subject to hydrolysis) is 1. The molecular formula is C21H34N4O6. The molecule has 10 nitrogen and oxygen atoms in total. The zero-order chi connectivity index (χ0) is 22.6. The molecule has 2 rings (SSSR count). The summed E-state index contributed by atoms with van der Waals surface area (Å²) >= 11 is 0. The van der Waals surface area contributed by atoms with Gasteiger partial charge in [-0.05, 0) is 51.1 Å². The lowest BCUT2D eigenvalue weighted by atomic mass is 9.92. The molecule has 0 spiro atoms. The van der Waals surface area contributed by atoms with Crippen LogP contribution in [0, 0.1) is 11.8 Å². The molecular weight excluding hydrogens is 404 g/mol. The third kappa shape index (κ3) is 8.56. The number of carboxylic acid groups (broad SMARTS) is 1. The molecule has 2 saturated heterocycles. The summed E-state index contributed by atoms with van der Waals surface area (Å²) < 4.78 is 4.71. The number of piperidine rings is 2. The average Bonchev–Trinajstić information content (AvgIpc) is 2.79. The number of nitrogens with zero attached hydrogens (tertiary/aromatic N) is 1. The van der Waals surface area contributed by atoms with Crippen LogP contribution in [-0.4, -0.2) is 79.3 Å². The van der Waals surface area contributed by atoms with Crippen molar-refractivity contribution >= 4 is 23.9 Å². The average molecular weight is 439 g/mol. The first kappa shape index (κ1) is 24.6. The number of carbonyl (C=O) groups is 4. The van der Waals surface area contributed by atoms with Gasteiger partial charge in [-0.15, -0.1) is 0 Å². The summed E-state index contributed by atoms with van der Waals surface area (Å²) in [6.45, 7) is 6.07. The lowest BCUT2D eigenvalue weighted by molar-refractivity contribution is -0.139. The van der Waals surface area contributed by atoms with Crippen molar-refractivity contribution in [3.63, 3.8) is 0 Å². The van der Waals surface area contributed by atoms with Crippen molar-refractivity contribution in [3.8, 4) is 0 Å². The Bertz CT molecular complexity index is 650. The minimum absolute atomic E-state index is 0.0475. The van der Waals surface area contributed by atoms with E-state index in [2.05, 4.69) is 22.5 Å². The molecule has 0 aromatic rings. The van der Waals surface area contributed by atoms with Crippen molar-refractivity contribution < 1.29 is 29.0 Å². The number of rotatable bonds is 10. The number of carboxylic acids is 1. The van der Waals surface area contributed by atoms with Crippen LogP contribution in [0.5, 0.6) is 0 Å². The summed E-state index contributed by atoms with van der Waals surface area (Å²) in [4.78, 5) is 49.8. The first-order chi connectivity index (χ1) is 14.9. The fourth-order valence-electron chi connectivity index (χ4n) is 3.94. The molecule has 2 aliphatic heterocycles. The van der Waals surface area contributed by atoms with Crippen LogP contribution >= 0.6 is 0 Å². The van der Waals surface area contributed by atoms with Crippen molar-refractivity contribution in [2.24, 2.45) is 11.8 Å². The second-order valence-electron chi connectivity index (χ2n) is 8.08. The van der Waals surface area contributed by atoms with E-state index in [0.717, 1.165) is 38.8 Å². The van der Waals surface area contributed by atoms with E-state index in [1.54, 1.807) is 4.90 Å². The summed E-state index contributed by atoms with van der Waals surface area (Å²) in [5.74, 6) is -1.34. The Morgan fingerprint density at radius 1 is 1.23 bits per heavy atom. The topological polar surface area (TPSA) is 137 Å². The second-order valence-corrected chi connectivity index (χ2v) is 8.08. The number of amides is 3. The third-order valence-corrected chi connectivity index (χ3v) is 5.77. The number of ether oxygens (including phenoxy) is 1. The number of hydrogen-bond acceptors (Lipinski definition) is 6. The van der Waals surface area contributed by atoms with Gasteiger partial charge in [0, 0.05) is 26.1 Å². The van der Waals surface area contributed by atoms with Crippen molar-refractivity contribution in [1.29, 1.82) is 0 Å². The Kier molecular flexibility index (Phi) is 10.3. The van der Waals surface area contributed by atoms with Crippen LogP contribution in [0.2, 0.25) is 0 Å². The molecule has 0 aromatic heterocycles. The predicted molar refractivity (Wildman–Crippen MR) is 113 cm³/mol. The lowest BCUT2D eigenvalue weighted by Gasteiger charge is -2.33. The van der Waals surface area contributed by atoms with Gasteiger partial charge in [-0.1, -0.05) is 12.7 Å². The molecule has 0 radical (unpaired) electrons. The molecule has 2 aliphatic rings. The Morgan fingerprint density at radius 3 is 2.65 bits per heavy atom. The van der Waals surface area contributed by atoms with Crippen LogP contribution in [0.25, 0.3) is 0 Å². The summed E-state index contributed by atoms with van der Waals surface area (Å²) in [6.07, 6.45) is 5.39. The number of carbonyl (C=O) groups excluding carboxylic acids is 3. The predicted octanol–water partition coefficient (Wildman–Crippen LogP) is 0.486. The number of nitrogens with one attached hydrogen (secondary N) is 3. The molecule has 174 valence electrons. The van der Waals surface area contributed by atoms with Gasteiger partial charge in [0.05, 0.1) is 5.92 Å². The Hall–Kier alpha value is -2.62. The van der Waals surface area contributed by atoms with Crippen LogP contribution < -0.4 is 16.0 Å². The monoisotopic (exact) mass is 438 g/mol. The van der Waals surface area contributed by atoms with E-state index in [-0.39, 0.29) is 25.0 Å². The zero-order valence-corrected chi connectivity index (χ0v) is 17.9. The number of aliphatic carboxylic acids is 1. The van der Waals surface area contributed by atoms with Crippen LogP contribution in [0.4, 0.5) is 4.79 Å². The zero-order valence-electron chi connectivity index (χ0n) is 17.9. The Labute approximate surface area is 182 Å². The maximum Gasteiger partial charge on any atom is 0.408 e. The van der Waals surface area contributed by atoms with Gasteiger partial charge >= 0.3 is 12.1 Å². The minimum atomic E-state index is -1.31. The summed E-state index contributed by atoms with van der Waals surface area (Å²) in [7, 11) is 0. The van der Waals surface area contributed by atoms with Gasteiger partial charge < -0.3 is 30.7 Å². The highest BCUT2D eigenvalue weighted by Crippen LogP contribution is 2.21. The highest BCUT2D eigenvalue weighted by Gasteiger charge is 2.30. The van der Waals surface area contributed by atoms with Gasteiger partial charge in [0.25, 0.3) is 0 Å². The standard InChI is InChI=1S/C21H34N4O6/c1-2-12-31-21(30)24-17(20(28)29)13-23-19(27)16-4-3-11-25(14-16)18(26)6-5-15-7-9-22-10-8-15/h2,15-17,22H,1,3-14H2,(H,23,27)(H,24,30)(H,28,29)/t16-,17+/m1/s1. The van der Waals surface area contributed by atoms with Crippen molar-refractivity contribution in [1.82, 2.24) is 20.9 Å². The molecule has 2 atom stereocenters. The SMILES string of the molecule is C=CCOC(=O)N[C@@H](CNC(=O)[C@@H]1CCCN(C(=O)CCC2CCNCC2)C1)C(=O)O. The fraction of sp³-hybridized carbons (Fsp3) is 0.714. The minimum Gasteiger partial charge on any atom is -0.480 e. The van der Waals surface area contributed by atoms with E-state index in [9.17, 15) is 24.3 Å². The van der Waals surface area contributed by atoms with E-state index in [4.69, 9.17) is 4.74 Å². The summed E-state index contributed by atoms with van der Waals surface area (Å²) in [6, 6.07) is -1.31. The first-order valence-electron chi connectivity index (χ1n) is 10.9. The Morgan fingerprint density at radius 2 is 1.97 bits per heavy atom. The fourth-order valence-corrected chi connectivity index (χ4v) is 3.94. The van der Waals surface area contributed by atoms with Gasteiger partial charge in [0.1, 0.15) is 12.6 Å². The van der Waals surface area contributed by atoms with Crippen LogP contribution in [0.15, 0.2) is 12.7 Å².